The Labute approximate surface area is 116 Å². The van der Waals surface area contributed by atoms with E-state index in [0.29, 0.717) is 0 Å². The summed E-state index contributed by atoms with van der Waals surface area (Å²) < 4.78 is 0. The van der Waals surface area contributed by atoms with Crippen LogP contribution in [0.4, 0.5) is 0 Å². The first-order valence-corrected chi connectivity index (χ1v) is 8.30. The Balaban J connectivity index is 2.88. The smallest absolute Gasteiger partial charge is 0.0353 e. The summed E-state index contributed by atoms with van der Waals surface area (Å²) in [6.07, 6.45) is 24.1. The average molecular weight is 251 g/mol. The van der Waals surface area contributed by atoms with Gasteiger partial charge in [-0.15, -0.1) is 6.58 Å². The minimum atomic E-state index is 1.20. The van der Waals surface area contributed by atoms with Gasteiger partial charge in [0.25, 0.3) is 0 Å². The molecule has 0 saturated heterocycles. The molecule has 0 heterocycles. The van der Waals surface area contributed by atoms with E-state index < -0.39 is 0 Å². The zero-order valence-electron chi connectivity index (χ0n) is 12.8. The lowest BCUT2D eigenvalue weighted by Gasteiger charge is -2.02. The highest BCUT2D eigenvalue weighted by Gasteiger charge is 1.93. The summed E-state index contributed by atoms with van der Waals surface area (Å²) in [5.41, 5.74) is 0. The first kappa shape index (κ1) is 17.7. The standard InChI is InChI=1S/C18H35/c1-3-5-7-9-11-13-15-17-18-16-14-12-10-8-6-4-2/h3-4H,1,5-18H2,2H3. The molecule has 0 fully saturated rings. The molecule has 0 aliphatic carbocycles. The molecular formula is C18H35. The van der Waals surface area contributed by atoms with E-state index in [1.807, 2.05) is 6.08 Å². The van der Waals surface area contributed by atoms with Crippen LogP contribution in [0.15, 0.2) is 12.7 Å². The second-order valence-corrected chi connectivity index (χ2v) is 5.52. The molecule has 0 aliphatic rings. The van der Waals surface area contributed by atoms with Gasteiger partial charge < -0.3 is 0 Å². The molecule has 0 N–H and O–H groups in total. The van der Waals surface area contributed by atoms with Gasteiger partial charge in [-0.25, -0.2) is 0 Å². The molecular weight excluding hydrogens is 216 g/mol. The molecule has 0 amide bonds. The largest absolute Gasteiger partial charge is 0.103 e. The van der Waals surface area contributed by atoms with Gasteiger partial charge in [0.05, 0.1) is 0 Å². The molecule has 0 rings (SSSR count). The van der Waals surface area contributed by atoms with E-state index in [0.717, 1.165) is 0 Å². The van der Waals surface area contributed by atoms with Crippen molar-refractivity contribution in [3.8, 4) is 0 Å². The second-order valence-electron chi connectivity index (χ2n) is 5.52. The molecule has 18 heavy (non-hydrogen) atoms. The molecule has 0 unspecified atom stereocenters. The van der Waals surface area contributed by atoms with Crippen molar-refractivity contribution in [2.75, 3.05) is 0 Å². The normalized spacial score (nSPS) is 10.7. The van der Waals surface area contributed by atoms with Crippen molar-refractivity contribution < 1.29 is 0 Å². The van der Waals surface area contributed by atoms with E-state index in [-0.39, 0.29) is 0 Å². The average Bonchev–Trinajstić information content (AvgIpc) is 2.39. The van der Waals surface area contributed by atoms with E-state index in [1.54, 1.807) is 0 Å². The van der Waals surface area contributed by atoms with E-state index in [1.165, 1.54) is 89.9 Å². The molecule has 0 nitrogen and oxygen atoms in total. The lowest BCUT2D eigenvalue weighted by molar-refractivity contribution is 0.541. The van der Waals surface area contributed by atoms with Crippen LogP contribution in [-0.2, 0) is 0 Å². The molecule has 0 aromatic carbocycles. The Hall–Kier alpha value is -0.260. The highest BCUT2D eigenvalue weighted by atomic mass is 14.0. The van der Waals surface area contributed by atoms with Crippen LogP contribution in [0.3, 0.4) is 0 Å². The van der Waals surface area contributed by atoms with Crippen LogP contribution >= 0.6 is 0 Å². The van der Waals surface area contributed by atoms with Crippen molar-refractivity contribution in [2.45, 2.75) is 96.8 Å². The van der Waals surface area contributed by atoms with Crippen molar-refractivity contribution in [3.05, 3.63) is 19.1 Å². The highest BCUT2D eigenvalue weighted by molar-refractivity contribution is 4.65. The number of allylic oxidation sites excluding steroid dienone is 1. The number of hydrogen-bond acceptors (Lipinski definition) is 0. The second kappa shape index (κ2) is 16.7. The van der Waals surface area contributed by atoms with Gasteiger partial charge in [0, 0.05) is 0 Å². The maximum absolute atomic E-state index is 3.76. The van der Waals surface area contributed by atoms with Gasteiger partial charge in [-0.1, -0.05) is 90.0 Å². The first-order valence-electron chi connectivity index (χ1n) is 8.30. The molecule has 0 aromatic rings. The van der Waals surface area contributed by atoms with E-state index in [9.17, 15) is 0 Å². The van der Waals surface area contributed by atoms with Crippen LogP contribution in [0.25, 0.3) is 0 Å². The van der Waals surface area contributed by atoms with E-state index in [4.69, 9.17) is 0 Å². The lowest BCUT2D eigenvalue weighted by atomic mass is 10.0. The predicted octanol–water partition coefficient (Wildman–Crippen LogP) is 6.86. The van der Waals surface area contributed by atoms with Gasteiger partial charge in [-0.3, -0.25) is 0 Å². The third-order valence-corrected chi connectivity index (χ3v) is 3.65. The number of hydrogen-bond donors (Lipinski definition) is 0. The quantitative estimate of drug-likeness (QED) is 0.220. The van der Waals surface area contributed by atoms with Crippen LogP contribution in [-0.4, -0.2) is 0 Å². The Bertz CT molecular complexity index is 148. The van der Waals surface area contributed by atoms with Gasteiger partial charge >= 0.3 is 0 Å². The van der Waals surface area contributed by atoms with Gasteiger partial charge in [-0.05, 0) is 19.3 Å². The maximum atomic E-state index is 3.76. The molecule has 0 bridgehead atoms. The molecule has 0 heteroatoms. The summed E-state index contributed by atoms with van der Waals surface area (Å²) in [6, 6.07) is 0. The monoisotopic (exact) mass is 251 g/mol. The Morgan fingerprint density at radius 1 is 0.556 bits per heavy atom. The van der Waals surface area contributed by atoms with Gasteiger partial charge in [0.1, 0.15) is 0 Å². The fourth-order valence-electron chi connectivity index (χ4n) is 2.40. The fourth-order valence-corrected chi connectivity index (χ4v) is 2.40. The molecule has 0 saturated carbocycles. The van der Waals surface area contributed by atoms with Crippen molar-refractivity contribution in [1.29, 1.82) is 0 Å². The molecule has 0 atom stereocenters. The first-order chi connectivity index (χ1) is 8.91. The van der Waals surface area contributed by atoms with Gasteiger partial charge in [0.15, 0.2) is 0 Å². The summed E-state index contributed by atoms with van der Waals surface area (Å²) in [6.45, 7) is 5.92. The van der Waals surface area contributed by atoms with Crippen molar-refractivity contribution in [2.24, 2.45) is 0 Å². The highest BCUT2D eigenvalue weighted by Crippen LogP contribution is 2.13. The van der Waals surface area contributed by atoms with Crippen LogP contribution in [0.2, 0.25) is 0 Å². The Kier molecular flexibility index (Phi) is 16.5. The van der Waals surface area contributed by atoms with Crippen molar-refractivity contribution in [1.82, 2.24) is 0 Å². The summed E-state index contributed by atoms with van der Waals surface area (Å²) in [5, 5.41) is 0. The zero-order chi connectivity index (χ0) is 13.3. The Morgan fingerprint density at radius 3 is 1.22 bits per heavy atom. The number of unbranched alkanes of at least 4 members (excludes halogenated alkanes) is 14. The van der Waals surface area contributed by atoms with Crippen molar-refractivity contribution >= 4 is 0 Å². The minimum Gasteiger partial charge on any atom is -0.103 e. The predicted molar refractivity (Wildman–Crippen MR) is 84.8 cm³/mol. The van der Waals surface area contributed by atoms with Crippen LogP contribution in [0.1, 0.15) is 96.8 Å². The summed E-state index contributed by atoms with van der Waals surface area (Å²) in [7, 11) is 0. The number of rotatable bonds is 15. The molecule has 0 spiro atoms. The van der Waals surface area contributed by atoms with E-state index >= 15 is 0 Å². The van der Waals surface area contributed by atoms with Crippen molar-refractivity contribution in [3.63, 3.8) is 0 Å². The topological polar surface area (TPSA) is 0 Å². The fraction of sp³-hybridized carbons (Fsp3) is 0.833. The van der Waals surface area contributed by atoms with Gasteiger partial charge in [0.2, 0.25) is 0 Å². The van der Waals surface area contributed by atoms with E-state index in [2.05, 4.69) is 19.9 Å². The van der Waals surface area contributed by atoms with Gasteiger partial charge in [-0.2, -0.15) is 0 Å². The summed E-state index contributed by atoms with van der Waals surface area (Å²) in [4.78, 5) is 0. The molecule has 0 aromatic heterocycles. The van der Waals surface area contributed by atoms with Crippen LogP contribution < -0.4 is 0 Å². The minimum absolute atomic E-state index is 1.20. The third-order valence-electron chi connectivity index (χ3n) is 3.65. The molecule has 1 radical (unpaired) electrons. The maximum Gasteiger partial charge on any atom is -0.0353 e. The summed E-state index contributed by atoms with van der Waals surface area (Å²) >= 11 is 0. The SMILES string of the molecule is C=CCCCCCCCCCCCCCC[CH]C. The lowest BCUT2D eigenvalue weighted by Crippen LogP contribution is -1.83. The van der Waals surface area contributed by atoms with Crippen LogP contribution in [0.5, 0.6) is 0 Å². The third kappa shape index (κ3) is 15.7. The molecule has 0 aliphatic heterocycles. The Morgan fingerprint density at radius 2 is 0.889 bits per heavy atom. The summed E-state index contributed by atoms with van der Waals surface area (Å²) in [5.74, 6) is 0. The molecule has 107 valence electrons. The zero-order valence-corrected chi connectivity index (χ0v) is 12.8. The van der Waals surface area contributed by atoms with Crippen LogP contribution in [0, 0.1) is 6.42 Å².